The van der Waals surface area contributed by atoms with Crippen LogP contribution in [0.3, 0.4) is 0 Å². The van der Waals surface area contributed by atoms with E-state index in [9.17, 15) is 0 Å². The SMILES string of the molecule is CSC(=NN)/C(N)=N\N. The number of amidine groups is 1. The van der Waals surface area contributed by atoms with Crippen LogP contribution in [0.15, 0.2) is 10.2 Å². The van der Waals surface area contributed by atoms with E-state index >= 15 is 0 Å². The van der Waals surface area contributed by atoms with Crippen molar-refractivity contribution >= 4 is 22.6 Å². The summed E-state index contributed by atoms with van der Waals surface area (Å²) < 4.78 is 0. The molecule has 9 heavy (non-hydrogen) atoms. The summed E-state index contributed by atoms with van der Waals surface area (Å²) in [7, 11) is 0. The van der Waals surface area contributed by atoms with E-state index in [1.165, 1.54) is 11.8 Å². The lowest BCUT2D eigenvalue weighted by Gasteiger charge is -1.95. The monoisotopic (exact) mass is 147 g/mol. The maximum atomic E-state index is 5.23. The van der Waals surface area contributed by atoms with Gasteiger partial charge in [0, 0.05) is 0 Å². The van der Waals surface area contributed by atoms with Gasteiger partial charge in [-0.25, -0.2) is 0 Å². The Hall–Kier alpha value is -0.910. The standard InChI is InChI=1S/C3H9N5S/c1-9-3(8-6)2(4)7-5/h5-6H2,1H3,(H2,4,7). The van der Waals surface area contributed by atoms with Crippen molar-refractivity contribution in [2.45, 2.75) is 0 Å². The van der Waals surface area contributed by atoms with Gasteiger partial charge in [-0.15, -0.1) is 11.8 Å². The Morgan fingerprint density at radius 1 is 1.33 bits per heavy atom. The van der Waals surface area contributed by atoms with Gasteiger partial charge in [-0.05, 0) is 6.26 Å². The topological polar surface area (TPSA) is 103 Å². The van der Waals surface area contributed by atoms with Crippen molar-refractivity contribution < 1.29 is 0 Å². The first-order chi connectivity index (χ1) is 4.26. The van der Waals surface area contributed by atoms with Gasteiger partial charge in [0.1, 0.15) is 0 Å². The molecule has 0 fully saturated rings. The van der Waals surface area contributed by atoms with Gasteiger partial charge in [-0.1, -0.05) is 0 Å². The molecule has 0 unspecified atom stereocenters. The molecule has 0 aromatic rings. The van der Waals surface area contributed by atoms with Gasteiger partial charge in [0.25, 0.3) is 0 Å². The summed E-state index contributed by atoms with van der Waals surface area (Å²) in [6.45, 7) is 0. The number of rotatable bonds is 0. The van der Waals surface area contributed by atoms with Crippen LogP contribution in [0.2, 0.25) is 0 Å². The third-order valence-electron chi connectivity index (χ3n) is 0.669. The zero-order valence-corrected chi connectivity index (χ0v) is 5.85. The summed E-state index contributed by atoms with van der Waals surface area (Å²) in [5, 5.41) is 6.96. The second kappa shape index (κ2) is 4.02. The van der Waals surface area contributed by atoms with Crippen LogP contribution in [-0.2, 0) is 0 Å². The molecule has 0 saturated carbocycles. The van der Waals surface area contributed by atoms with Gasteiger partial charge in [-0.2, -0.15) is 10.2 Å². The van der Waals surface area contributed by atoms with Crippen molar-refractivity contribution in [1.82, 2.24) is 0 Å². The lowest BCUT2D eigenvalue weighted by molar-refractivity contribution is 1.23. The van der Waals surface area contributed by atoms with Crippen LogP contribution in [0.4, 0.5) is 0 Å². The Bertz CT molecular complexity index is 139. The molecule has 0 radical (unpaired) electrons. The number of nitrogens with two attached hydrogens (primary N) is 3. The van der Waals surface area contributed by atoms with Crippen LogP contribution in [0.25, 0.3) is 0 Å². The van der Waals surface area contributed by atoms with Crippen molar-refractivity contribution in [3.05, 3.63) is 0 Å². The molecule has 5 nitrogen and oxygen atoms in total. The largest absolute Gasteiger partial charge is 0.380 e. The molecule has 0 aliphatic carbocycles. The van der Waals surface area contributed by atoms with E-state index in [0.29, 0.717) is 5.04 Å². The third kappa shape index (κ3) is 2.22. The Morgan fingerprint density at radius 3 is 2.00 bits per heavy atom. The fourth-order valence-corrected chi connectivity index (χ4v) is 0.646. The van der Waals surface area contributed by atoms with Gasteiger partial charge < -0.3 is 17.4 Å². The van der Waals surface area contributed by atoms with Gasteiger partial charge in [0.2, 0.25) is 0 Å². The molecule has 0 rings (SSSR count). The predicted molar refractivity (Wildman–Crippen MR) is 40.9 cm³/mol. The van der Waals surface area contributed by atoms with Crippen molar-refractivity contribution in [3.8, 4) is 0 Å². The highest BCUT2D eigenvalue weighted by Gasteiger charge is 1.99. The fraction of sp³-hybridized carbons (Fsp3) is 0.333. The van der Waals surface area contributed by atoms with Crippen LogP contribution in [0.1, 0.15) is 0 Å². The molecule has 0 amide bonds. The number of hydrogen-bond donors (Lipinski definition) is 3. The van der Waals surface area contributed by atoms with Crippen LogP contribution in [0, 0.1) is 0 Å². The maximum absolute atomic E-state index is 5.23. The highest BCUT2D eigenvalue weighted by Crippen LogP contribution is 1.94. The normalized spacial score (nSPS) is 13.9. The van der Waals surface area contributed by atoms with Gasteiger partial charge in [-0.3, -0.25) is 0 Å². The summed E-state index contributed by atoms with van der Waals surface area (Å²) in [5.74, 6) is 9.91. The smallest absolute Gasteiger partial charge is 0.177 e. The van der Waals surface area contributed by atoms with Gasteiger partial charge >= 0.3 is 0 Å². The van der Waals surface area contributed by atoms with Crippen LogP contribution >= 0.6 is 11.8 Å². The lowest BCUT2D eigenvalue weighted by atomic mass is 10.7. The van der Waals surface area contributed by atoms with Gasteiger partial charge in [0.15, 0.2) is 10.9 Å². The van der Waals surface area contributed by atoms with E-state index in [1.54, 1.807) is 6.26 Å². The summed E-state index contributed by atoms with van der Waals surface area (Å²) in [6.07, 6.45) is 1.78. The zero-order valence-electron chi connectivity index (χ0n) is 5.03. The van der Waals surface area contributed by atoms with Crippen LogP contribution < -0.4 is 17.4 Å². The average Bonchev–Trinajstić information content (AvgIpc) is 1.90. The number of thioether (sulfide) groups is 1. The van der Waals surface area contributed by atoms with E-state index in [4.69, 9.17) is 17.4 Å². The molecule has 0 saturated heterocycles. The Balaban J connectivity index is 4.14. The quantitative estimate of drug-likeness (QED) is 0.174. The minimum atomic E-state index is 0.157. The molecule has 0 spiro atoms. The van der Waals surface area contributed by atoms with E-state index in [0.717, 1.165) is 0 Å². The second-order valence-electron chi connectivity index (χ2n) is 1.15. The lowest BCUT2D eigenvalue weighted by Crippen LogP contribution is -2.23. The summed E-state index contributed by atoms with van der Waals surface area (Å²) in [6, 6.07) is 0. The number of nitrogens with zero attached hydrogens (tertiary/aromatic N) is 2. The average molecular weight is 147 g/mol. The molecule has 6 N–H and O–H groups in total. The van der Waals surface area contributed by atoms with E-state index in [1.807, 2.05) is 0 Å². The molecular formula is C3H9N5S. The highest BCUT2D eigenvalue weighted by atomic mass is 32.2. The first-order valence-corrected chi connectivity index (χ1v) is 3.34. The minimum absolute atomic E-state index is 0.157. The molecular weight excluding hydrogens is 138 g/mol. The third-order valence-corrected chi connectivity index (χ3v) is 1.37. The van der Waals surface area contributed by atoms with Crippen molar-refractivity contribution in [2.75, 3.05) is 6.26 Å². The van der Waals surface area contributed by atoms with Crippen molar-refractivity contribution in [3.63, 3.8) is 0 Å². The number of hydrogen-bond acceptors (Lipinski definition) is 5. The Labute approximate surface area is 57.3 Å². The first-order valence-electron chi connectivity index (χ1n) is 2.11. The molecule has 0 bridgehead atoms. The Kier molecular flexibility index (Phi) is 3.61. The molecule has 52 valence electrons. The maximum Gasteiger partial charge on any atom is 0.177 e. The van der Waals surface area contributed by atoms with Crippen molar-refractivity contribution in [2.24, 2.45) is 27.6 Å². The zero-order chi connectivity index (χ0) is 7.28. The molecule has 0 aromatic heterocycles. The van der Waals surface area contributed by atoms with E-state index in [-0.39, 0.29) is 5.84 Å². The van der Waals surface area contributed by atoms with Crippen molar-refractivity contribution in [1.29, 1.82) is 0 Å². The molecule has 0 aromatic carbocycles. The summed E-state index contributed by atoms with van der Waals surface area (Å²) >= 11 is 1.29. The highest BCUT2D eigenvalue weighted by molar-refractivity contribution is 8.15. The molecule has 0 heterocycles. The summed E-state index contributed by atoms with van der Waals surface area (Å²) in [5.41, 5.74) is 5.23. The predicted octanol–water partition coefficient (Wildman–Crippen LogP) is -1.15. The molecule has 6 heteroatoms. The molecule has 0 atom stereocenters. The number of hydrazone groups is 2. The Morgan fingerprint density at radius 2 is 1.89 bits per heavy atom. The second-order valence-corrected chi connectivity index (χ2v) is 1.95. The summed E-state index contributed by atoms with van der Waals surface area (Å²) in [4.78, 5) is 0. The molecule has 0 aliphatic heterocycles. The van der Waals surface area contributed by atoms with Crippen LogP contribution in [-0.4, -0.2) is 17.1 Å². The fourth-order valence-electron chi connectivity index (χ4n) is 0.279. The van der Waals surface area contributed by atoms with Crippen LogP contribution in [0.5, 0.6) is 0 Å². The minimum Gasteiger partial charge on any atom is -0.380 e. The first kappa shape index (κ1) is 8.09. The van der Waals surface area contributed by atoms with Gasteiger partial charge in [0.05, 0.1) is 0 Å². The van der Waals surface area contributed by atoms with E-state index in [2.05, 4.69) is 10.2 Å². The molecule has 0 aliphatic rings. The van der Waals surface area contributed by atoms with E-state index < -0.39 is 0 Å².